The fraction of sp³-hybridized carbons (Fsp3) is 0.467. The molecular formula is C15H19N3O2. The summed E-state index contributed by atoms with van der Waals surface area (Å²) >= 11 is 0. The summed E-state index contributed by atoms with van der Waals surface area (Å²) in [6, 6.07) is 8.08. The second kappa shape index (κ2) is 6.05. The van der Waals surface area contributed by atoms with E-state index in [1.807, 2.05) is 18.2 Å². The Kier molecular flexibility index (Phi) is 3.97. The first-order valence-corrected chi connectivity index (χ1v) is 7.13. The molecule has 1 aromatic carbocycles. The van der Waals surface area contributed by atoms with Crippen molar-refractivity contribution in [3.05, 3.63) is 41.5 Å². The maximum absolute atomic E-state index is 5.67. The second-order valence-corrected chi connectivity index (χ2v) is 4.88. The molecule has 0 aliphatic carbocycles. The average Bonchev–Trinajstić information content (AvgIpc) is 2.96. The van der Waals surface area contributed by atoms with Crippen LogP contribution in [0.5, 0.6) is 5.75 Å². The van der Waals surface area contributed by atoms with Gasteiger partial charge in [0.25, 0.3) is 0 Å². The van der Waals surface area contributed by atoms with Crippen molar-refractivity contribution in [3.63, 3.8) is 0 Å². The van der Waals surface area contributed by atoms with Crippen molar-refractivity contribution in [1.82, 2.24) is 15.5 Å². The number of hydrogen-bond donors (Lipinski definition) is 1. The van der Waals surface area contributed by atoms with E-state index < -0.39 is 0 Å². The van der Waals surface area contributed by atoms with E-state index in [0.717, 1.165) is 43.1 Å². The molecule has 0 saturated heterocycles. The quantitative estimate of drug-likeness (QED) is 0.846. The van der Waals surface area contributed by atoms with Crippen LogP contribution in [0.2, 0.25) is 0 Å². The number of ether oxygens (including phenoxy) is 1. The monoisotopic (exact) mass is 273 g/mol. The third kappa shape index (κ3) is 2.67. The van der Waals surface area contributed by atoms with E-state index in [9.17, 15) is 0 Å². The predicted molar refractivity (Wildman–Crippen MR) is 74.9 cm³/mol. The SMILES string of the molecule is CCNCCc1nc(C2CCOc3ccccc32)no1. The van der Waals surface area contributed by atoms with E-state index in [0.29, 0.717) is 12.5 Å². The zero-order valence-electron chi connectivity index (χ0n) is 11.6. The van der Waals surface area contributed by atoms with Crippen molar-refractivity contribution < 1.29 is 9.26 Å². The molecule has 1 aromatic heterocycles. The standard InChI is InChI=1S/C15H19N3O2/c1-2-16-9-7-14-17-15(18-20-14)12-8-10-19-13-6-4-3-5-11(12)13/h3-6,12,16H,2,7-10H2,1H3. The Balaban J connectivity index is 1.77. The van der Waals surface area contributed by atoms with Crippen LogP contribution in [-0.2, 0) is 6.42 Å². The molecule has 0 radical (unpaired) electrons. The summed E-state index contributed by atoms with van der Waals surface area (Å²) in [5, 5.41) is 7.40. The summed E-state index contributed by atoms with van der Waals surface area (Å²) in [6.45, 7) is 4.60. The van der Waals surface area contributed by atoms with Crippen LogP contribution in [0.15, 0.2) is 28.8 Å². The van der Waals surface area contributed by atoms with Crippen molar-refractivity contribution in [3.8, 4) is 5.75 Å². The molecule has 0 spiro atoms. The molecule has 20 heavy (non-hydrogen) atoms. The van der Waals surface area contributed by atoms with Gasteiger partial charge >= 0.3 is 0 Å². The van der Waals surface area contributed by atoms with Crippen molar-refractivity contribution >= 4 is 0 Å². The maximum atomic E-state index is 5.67. The Morgan fingerprint density at radius 1 is 1.35 bits per heavy atom. The van der Waals surface area contributed by atoms with Gasteiger partial charge in [-0.1, -0.05) is 30.3 Å². The molecule has 0 bridgehead atoms. The van der Waals surface area contributed by atoms with Gasteiger partial charge in [0.05, 0.1) is 12.5 Å². The first-order valence-electron chi connectivity index (χ1n) is 7.13. The molecular weight excluding hydrogens is 254 g/mol. The van der Waals surface area contributed by atoms with Gasteiger partial charge in [-0.2, -0.15) is 4.98 Å². The second-order valence-electron chi connectivity index (χ2n) is 4.88. The summed E-state index contributed by atoms with van der Waals surface area (Å²) in [5.41, 5.74) is 1.15. The third-order valence-corrected chi connectivity index (χ3v) is 3.52. The van der Waals surface area contributed by atoms with Gasteiger partial charge in [0.1, 0.15) is 5.75 Å². The number of nitrogens with one attached hydrogen (secondary N) is 1. The zero-order chi connectivity index (χ0) is 13.8. The minimum atomic E-state index is 0.177. The Hall–Kier alpha value is -1.88. The lowest BCUT2D eigenvalue weighted by atomic mass is 9.92. The Labute approximate surface area is 118 Å². The summed E-state index contributed by atoms with van der Waals surface area (Å²) in [7, 11) is 0. The number of hydrogen-bond acceptors (Lipinski definition) is 5. The highest BCUT2D eigenvalue weighted by Crippen LogP contribution is 2.36. The Morgan fingerprint density at radius 3 is 3.15 bits per heavy atom. The molecule has 0 saturated carbocycles. The molecule has 1 unspecified atom stereocenters. The molecule has 1 atom stereocenters. The molecule has 3 rings (SSSR count). The van der Waals surface area contributed by atoms with Crippen molar-refractivity contribution in [2.24, 2.45) is 0 Å². The molecule has 2 heterocycles. The first-order chi connectivity index (χ1) is 9.88. The van der Waals surface area contributed by atoms with Crippen LogP contribution in [0, 0.1) is 0 Å². The third-order valence-electron chi connectivity index (χ3n) is 3.52. The fourth-order valence-electron chi connectivity index (χ4n) is 2.49. The molecule has 1 N–H and O–H groups in total. The summed E-state index contributed by atoms with van der Waals surface area (Å²) in [5.74, 6) is 2.58. The highest BCUT2D eigenvalue weighted by Gasteiger charge is 2.26. The van der Waals surface area contributed by atoms with Gasteiger partial charge in [0, 0.05) is 18.5 Å². The lowest BCUT2D eigenvalue weighted by molar-refractivity contribution is 0.272. The highest BCUT2D eigenvalue weighted by atomic mass is 16.5. The number of aromatic nitrogens is 2. The molecule has 0 fully saturated rings. The summed E-state index contributed by atoms with van der Waals surface area (Å²) in [4.78, 5) is 4.53. The van der Waals surface area contributed by atoms with Gasteiger partial charge < -0.3 is 14.6 Å². The van der Waals surface area contributed by atoms with Crippen molar-refractivity contribution in [2.45, 2.75) is 25.7 Å². The molecule has 0 amide bonds. The minimum Gasteiger partial charge on any atom is -0.493 e. The van der Waals surface area contributed by atoms with Crippen LogP contribution in [0.3, 0.4) is 0 Å². The van der Waals surface area contributed by atoms with E-state index in [2.05, 4.69) is 28.4 Å². The predicted octanol–water partition coefficient (Wildman–Crippen LogP) is 2.14. The topological polar surface area (TPSA) is 60.2 Å². The molecule has 2 aromatic rings. The van der Waals surface area contributed by atoms with Crippen molar-refractivity contribution in [2.75, 3.05) is 19.7 Å². The largest absolute Gasteiger partial charge is 0.493 e. The molecule has 1 aliphatic heterocycles. The minimum absolute atomic E-state index is 0.177. The molecule has 106 valence electrons. The highest BCUT2D eigenvalue weighted by molar-refractivity contribution is 5.40. The average molecular weight is 273 g/mol. The molecule has 5 nitrogen and oxygen atoms in total. The lowest BCUT2D eigenvalue weighted by Gasteiger charge is -2.23. The van der Waals surface area contributed by atoms with Crippen LogP contribution in [0.25, 0.3) is 0 Å². The van der Waals surface area contributed by atoms with Crippen LogP contribution in [0.4, 0.5) is 0 Å². The van der Waals surface area contributed by atoms with Gasteiger partial charge in [0.15, 0.2) is 5.82 Å². The van der Waals surface area contributed by atoms with E-state index in [4.69, 9.17) is 9.26 Å². The van der Waals surface area contributed by atoms with Crippen LogP contribution in [0.1, 0.15) is 36.5 Å². The van der Waals surface area contributed by atoms with Gasteiger partial charge in [-0.15, -0.1) is 0 Å². The fourth-order valence-corrected chi connectivity index (χ4v) is 2.49. The van der Waals surface area contributed by atoms with Crippen molar-refractivity contribution in [1.29, 1.82) is 0 Å². The van der Waals surface area contributed by atoms with Crippen LogP contribution in [-0.4, -0.2) is 29.8 Å². The van der Waals surface area contributed by atoms with Crippen LogP contribution >= 0.6 is 0 Å². The summed E-state index contributed by atoms with van der Waals surface area (Å²) in [6.07, 6.45) is 1.66. The van der Waals surface area contributed by atoms with Gasteiger partial charge in [-0.25, -0.2) is 0 Å². The maximum Gasteiger partial charge on any atom is 0.227 e. The Morgan fingerprint density at radius 2 is 2.25 bits per heavy atom. The van der Waals surface area contributed by atoms with E-state index in [1.165, 1.54) is 0 Å². The van der Waals surface area contributed by atoms with E-state index >= 15 is 0 Å². The normalized spacial score (nSPS) is 17.6. The van der Waals surface area contributed by atoms with E-state index in [-0.39, 0.29) is 5.92 Å². The number of rotatable bonds is 5. The lowest BCUT2D eigenvalue weighted by Crippen LogP contribution is -2.17. The number of nitrogens with zero attached hydrogens (tertiary/aromatic N) is 2. The van der Waals surface area contributed by atoms with Crippen LogP contribution < -0.4 is 10.1 Å². The number of para-hydroxylation sites is 1. The van der Waals surface area contributed by atoms with E-state index in [1.54, 1.807) is 0 Å². The Bertz CT molecular complexity index is 568. The molecule has 1 aliphatic rings. The smallest absolute Gasteiger partial charge is 0.227 e. The van der Waals surface area contributed by atoms with Gasteiger partial charge in [-0.3, -0.25) is 0 Å². The van der Waals surface area contributed by atoms with Gasteiger partial charge in [-0.05, 0) is 19.0 Å². The number of benzene rings is 1. The zero-order valence-corrected chi connectivity index (χ0v) is 11.6. The van der Waals surface area contributed by atoms with Gasteiger partial charge in [0.2, 0.25) is 5.89 Å². The first kappa shape index (κ1) is 13.1. The molecule has 5 heteroatoms. The number of likely N-dealkylation sites (N-methyl/N-ethyl adjacent to an activating group) is 1. The number of fused-ring (bicyclic) bond motifs is 1. The summed E-state index contributed by atoms with van der Waals surface area (Å²) < 4.78 is 11.0.